The van der Waals surface area contributed by atoms with Crippen LogP contribution < -0.4 is 102 Å². The average Bonchev–Trinajstić information content (AvgIpc) is 0. The van der Waals surface area contributed by atoms with Crippen molar-refractivity contribution in [3.05, 3.63) is 0 Å². The van der Waals surface area contributed by atoms with Gasteiger partial charge in [0.2, 0.25) is 0 Å². The zero-order valence-electron chi connectivity index (χ0n) is 3.08. The van der Waals surface area contributed by atoms with E-state index in [-0.39, 0.29) is 144 Å². The fraction of sp³-hybridized carbons (Fsp3) is 0. The summed E-state index contributed by atoms with van der Waals surface area (Å²) in [6.45, 7) is 0. The molecule has 58 valence electrons. The molecule has 0 rings (SSSR count). The van der Waals surface area contributed by atoms with E-state index in [2.05, 4.69) is 0 Å². The smallest absolute Gasteiger partial charge is 1.00 e. The second kappa shape index (κ2) is 65.4. The molecule has 0 nitrogen and oxygen atoms in total. The van der Waals surface area contributed by atoms with Crippen LogP contribution >= 0.6 is 0 Å². The minimum Gasteiger partial charge on any atom is -1.00 e. The van der Waals surface area contributed by atoms with Crippen LogP contribution in [0.25, 0.3) is 0 Å². The molecule has 0 aliphatic rings. The van der Waals surface area contributed by atoms with E-state index in [0.717, 1.165) is 0 Å². The van der Waals surface area contributed by atoms with Crippen LogP contribution in [0.2, 0.25) is 0 Å². The van der Waals surface area contributed by atoms with Gasteiger partial charge in [0.25, 0.3) is 0 Å². The van der Waals surface area contributed by atoms with Gasteiger partial charge in [0, 0.05) is 21.1 Å². The van der Waals surface area contributed by atoms with Gasteiger partial charge in [-0.25, -0.2) is 0 Å². The largest absolute Gasteiger partial charge is 2.00 e. The van der Waals surface area contributed by atoms with Crippen LogP contribution in [0.4, 0.5) is 0 Å². The maximum Gasteiger partial charge on any atom is 2.00 e. The standard InChI is InChI=1S/6BrH.2W/h6*1H;;/q;;;;;;;+2/p-6. The minimum absolute atomic E-state index is 0. The predicted octanol–water partition coefficient (Wildman–Crippen LogP) is -18.0. The van der Waals surface area contributed by atoms with Crippen molar-refractivity contribution in [3.63, 3.8) is 0 Å². The Hall–Kier alpha value is 4.26. The summed E-state index contributed by atoms with van der Waals surface area (Å²) in [5.41, 5.74) is 0. The Bertz CT molecular complexity index is 6.49. The van der Waals surface area contributed by atoms with E-state index in [4.69, 9.17) is 0 Å². The molecule has 0 aliphatic heterocycles. The topological polar surface area (TPSA) is 0 Å². The molecule has 0 aliphatic carbocycles. The summed E-state index contributed by atoms with van der Waals surface area (Å²) in [5.74, 6) is 0. The molecule has 8 heavy (non-hydrogen) atoms. The van der Waals surface area contributed by atoms with Gasteiger partial charge in [-0.15, -0.1) is 0 Å². The van der Waals surface area contributed by atoms with E-state index in [9.17, 15) is 0 Å². The SMILES string of the molecule is [Br-].[Br-].[Br-].[Br-].[Br-].[Br-].[W+2].[W]. The zero-order valence-corrected chi connectivity index (χ0v) is 18.5. The molecule has 8 heteroatoms. The number of hydrogen-bond donors (Lipinski definition) is 0. The van der Waals surface area contributed by atoms with Gasteiger partial charge < -0.3 is 102 Å². The third-order valence-electron chi connectivity index (χ3n) is 0. The molecule has 0 atom stereocenters. The van der Waals surface area contributed by atoms with Gasteiger partial charge in [-0.3, -0.25) is 0 Å². The normalized spacial score (nSPS) is 0. The molecule has 0 fully saturated rings. The molecule has 0 heterocycles. The molecular formula is Br6W2-4. The van der Waals surface area contributed by atoms with Crippen molar-refractivity contribution in [1.82, 2.24) is 0 Å². The summed E-state index contributed by atoms with van der Waals surface area (Å²) in [7, 11) is 0. The Morgan fingerprint density at radius 3 is 0.375 bits per heavy atom. The molecule has 0 spiro atoms. The van der Waals surface area contributed by atoms with Crippen LogP contribution in [0.15, 0.2) is 0 Å². The quantitative estimate of drug-likeness (QED) is 0.228. The fourth-order valence-electron chi connectivity index (χ4n) is 0. The van der Waals surface area contributed by atoms with Crippen molar-refractivity contribution >= 4 is 0 Å². The van der Waals surface area contributed by atoms with Gasteiger partial charge in [0.05, 0.1) is 0 Å². The average molecular weight is 847 g/mol. The van der Waals surface area contributed by atoms with Crippen molar-refractivity contribution in [2.75, 3.05) is 0 Å². The molecule has 0 aromatic heterocycles. The van der Waals surface area contributed by atoms with Crippen LogP contribution in [0.1, 0.15) is 0 Å². The van der Waals surface area contributed by atoms with Crippen LogP contribution in [-0.4, -0.2) is 0 Å². The van der Waals surface area contributed by atoms with Crippen LogP contribution in [0, 0.1) is 0 Å². The predicted molar refractivity (Wildman–Crippen MR) is 0 cm³/mol. The Morgan fingerprint density at radius 1 is 0.375 bits per heavy atom. The molecule has 0 aromatic rings. The molecule has 0 saturated heterocycles. The molecule has 0 unspecified atom stereocenters. The molecular weight excluding hydrogens is 847 g/mol. The summed E-state index contributed by atoms with van der Waals surface area (Å²) in [6, 6.07) is 0. The number of rotatable bonds is 0. The first-order valence-corrected chi connectivity index (χ1v) is 0. The van der Waals surface area contributed by atoms with Crippen molar-refractivity contribution in [1.29, 1.82) is 0 Å². The van der Waals surface area contributed by atoms with Gasteiger partial charge >= 0.3 is 21.1 Å². The van der Waals surface area contributed by atoms with E-state index >= 15 is 0 Å². The van der Waals surface area contributed by atoms with E-state index in [1.807, 2.05) is 0 Å². The third kappa shape index (κ3) is 48.5. The molecule has 0 aromatic carbocycles. The molecule has 0 saturated carbocycles. The summed E-state index contributed by atoms with van der Waals surface area (Å²) in [5, 5.41) is 0. The Labute approximate surface area is 141 Å². The summed E-state index contributed by atoms with van der Waals surface area (Å²) < 4.78 is 0. The molecule has 0 amide bonds. The van der Waals surface area contributed by atoms with Crippen molar-refractivity contribution in [2.45, 2.75) is 0 Å². The fourth-order valence-corrected chi connectivity index (χ4v) is 0. The number of halogens is 6. The van der Waals surface area contributed by atoms with E-state index < -0.39 is 0 Å². The third-order valence-corrected chi connectivity index (χ3v) is 0. The van der Waals surface area contributed by atoms with Crippen molar-refractivity contribution < 1.29 is 144 Å². The van der Waals surface area contributed by atoms with Gasteiger partial charge in [0.1, 0.15) is 0 Å². The van der Waals surface area contributed by atoms with Crippen molar-refractivity contribution in [2.24, 2.45) is 0 Å². The van der Waals surface area contributed by atoms with E-state index in [0.29, 0.717) is 0 Å². The number of hydrogen-bond acceptors (Lipinski definition) is 0. The van der Waals surface area contributed by atoms with E-state index in [1.165, 1.54) is 0 Å². The van der Waals surface area contributed by atoms with Gasteiger partial charge in [-0.2, -0.15) is 0 Å². The first-order valence-electron chi connectivity index (χ1n) is 0. The Morgan fingerprint density at radius 2 is 0.375 bits per heavy atom. The van der Waals surface area contributed by atoms with Gasteiger partial charge in [-0.1, -0.05) is 0 Å². The Balaban J connectivity index is 0. The first-order chi connectivity index (χ1) is 0. The summed E-state index contributed by atoms with van der Waals surface area (Å²) >= 11 is 0. The first kappa shape index (κ1) is 85.7. The summed E-state index contributed by atoms with van der Waals surface area (Å²) in [4.78, 5) is 0. The maximum absolute atomic E-state index is 0. The van der Waals surface area contributed by atoms with E-state index in [1.54, 1.807) is 0 Å². The second-order valence-electron chi connectivity index (χ2n) is 0. The maximum atomic E-state index is 0. The summed E-state index contributed by atoms with van der Waals surface area (Å²) in [6.07, 6.45) is 0. The zero-order chi connectivity index (χ0) is 0. The second-order valence-corrected chi connectivity index (χ2v) is 0. The van der Waals surface area contributed by atoms with Crippen LogP contribution in [0.5, 0.6) is 0 Å². The molecule has 0 bridgehead atoms. The molecule has 0 N–H and O–H groups in total. The monoisotopic (exact) mass is 841 g/mol. The molecule has 0 radical (unpaired) electrons. The van der Waals surface area contributed by atoms with Crippen LogP contribution in [0.3, 0.4) is 0 Å². The van der Waals surface area contributed by atoms with Gasteiger partial charge in [-0.05, 0) is 0 Å². The van der Waals surface area contributed by atoms with Gasteiger partial charge in [0.15, 0.2) is 0 Å². The van der Waals surface area contributed by atoms with Crippen LogP contribution in [-0.2, 0) is 42.1 Å². The van der Waals surface area contributed by atoms with Crippen molar-refractivity contribution in [3.8, 4) is 0 Å². The Kier molecular flexibility index (Phi) is 700. The minimum atomic E-state index is 0.